The molecule has 4 aromatic rings. The predicted molar refractivity (Wildman–Crippen MR) is 99.0 cm³/mol. The van der Waals surface area contributed by atoms with Gasteiger partial charge in [-0.3, -0.25) is 10.2 Å². The molecule has 0 aliphatic carbocycles. The molecule has 0 spiro atoms. The Balaban J connectivity index is 1.77. The smallest absolute Gasteiger partial charge is 0.261 e. The van der Waals surface area contributed by atoms with Crippen LogP contribution in [-0.4, -0.2) is 5.91 Å². The zero-order valence-electron chi connectivity index (χ0n) is 13.0. The predicted octanol–water partition coefficient (Wildman–Crippen LogP) is 4.97. The Labute approximate surface area is 148 Å². The molecule has 0 aliphatic heterocycles. The van der Waals surface area contributed by atoms with Crippen LogP contribution in [0.5, 0.6) is 0 Å². The van der Waals surface area contributed by atoms with Crippen molar-refractivity contribution in [3.05, 3.63) is 82.9 Å². The molecule has 1 heterocycles. The summed E-state index contributed by atoms with van der Waals surface area (Å²) in [5.74, 6) is -0.396. The van der Waals surface area contributed by atoms with Crippen molar-refractivity contribution in [1.82, 2.24) is 0 Å². The number of amides is 1. The molecule has 25 heavy (non-hydrogen) atoms. The Bertz CT molecular complexity index is 1180. The molecule has 0 unspecified atom stereocenters. The Hall–Kier alpha value is -3.11. The van der Waals surface area contributed by atoms with Crippen molar-refractivity contribution in [2.75, 3.05) is 5.32 Å². The average molecular weight is 349 g/mol. The average Bonchev–Trinajstić information content (AvgIpc) is 2.62. The van der Waals surface area contributed by atoms with E-state index < -0.39 is 5.91 Å². The molecule has 0 atom stereocenters. The van der Waals surface area contributed by atoms with Gasteiger partial charge in [0.1, 0.15) is 11.1 Å². The van der Waals surface area contributed by atoms with Crippen LogP contribution in [0.3, 0.4) is 0 Å². The normalized spacial score (nSPS) is 10.9. The molecule has 0 radical (unpaired) electrons. The van der Waals surface area contributed by atoms with Gasteiger partial charge in [0.2, 0.25) is 5.55 Å². The minimum absolute atomic E-state index is 0.155. The fraction of sp³-hybridized carbons (Fsp3) is 0. The first-order chi connectivity index (χ1) is 12.1. The molecule has 0 fully saturated rings. The van der Waals surface area contributed by atoms with Crippen LogP contribution in [0.1, 0.15) is 10.4 Å². The molecule has 2 N–H and O–H groups in total. The Morgan fingerprint density at radius 3 is 2.64 bits per heavy atom. The zero-order valence-corrected chi connectivity index (χ0v) is 13.8. The Morgan fingerprint density at radius 1 is 0.960 bits per heavy atom. The van der Waals surface area contributed by atoms with Gasteiger partial charge in [-0.05, 0) is 35.7 Å². The summed E-state index contributed by atoms with van der Waals surface area (Å²) < 4.78 is 5.44. The van der Waals surface area contributed by atoms with Gasteiger partial charge < -0.3 is 9.73 Å². The lowest BCUT2D eigenvalue weighted by molar-refractivity contribution is 0.102. The van der Waals surface area contributed by atoms with E-state index in [0.29, 0.717) is 21.7 Å². The van der Waals surface area contributed by atoms with E-state index in [9.17, 15) is 4.79 Å². The third kappa shape index (κ3) is 2.88. The monoisotopic (exact) mass is 348 g/mol. The third-order valence-electron chi connectivity index (χ3n) is 4.01. The van der Waals surface area contributed by atoms with Crippen molar-refractivity contribution in [1.29, 1.82) is 5.41 Å². The van der Waals surface area contributed by atoms with Crippen molar-refractivity contribution in [2.24, 2.45) is 0 Å². The van der Waals surface area contributed by atoms with Crippen LogP contribution >= 0.6 is 11.6 Å². The van der Waals surface area contributed by atoms with E-state index in [1.54, 1.807) is 24.3 Å². The van der Waals surface area contributed by atoms with Gasteiger partial charge >= 0.3 is 0 Å². The van der Waals surface area contributed by atoms with Gasteiger partial charge in [0.25, 0.3) is 5.91 Å². The highest BCUT2D eigenvalue weighted by Gasteiger charge is 2.13. The van der Waals surface area contributed by atoms with Crippen molar-refractivity contribution in [3.63, 3.8) is 0 Å². The van der Waals surface area contributed by atoms with Crippen molar-refractivity contribution < 1.29 is 9.21 Å². The first kappa shape index (κ1) is 15.4. The lowest BCUT2D eigenvalue weighted by Gasteiger charge is -2.09. The number of carbonyl (C=O) groups excluding carboxylic acids is 1. The number of fused-ring (bicyclic) bond motifs is 2. The van der Waals surface area contributed by atoms with Crippen molar-refractivity contribution >= 4 is 44.9 Å². The standard InChI is InChI=1S/C20H13ClN2O2/c21-14-8-9-18-13(10-14)11-16(19(22)25-18)20(24)23-17-7-3-5-12-4-1-2-6-15(12)17/h1-11,22H,(H,23,24). The second-order valence-electron chi connectivity index (χ2n) is 5.65. The number of rotatable bonds is 2. The van der Waals surface area contributed by atoms with Gasteiger partial charge in [-0.2, -0.15) is 0 Å². The Morgan fingerprint density at radius 2 is 1.76 bits per heavy atom. The molecule has 0 saturated carbocycles. The first-order valence-corrected chi connectivity index (χ1v) is 8.07. The molecule has 3 aromatic carbocycles. The lowest BCUT2D eigenvalue weighted by atomic mass is 10.1. The molecule has 5 heteroatoms. The molecule has 122 valence electrons. The number of nitrogens with one attached hydrogen (secondary N) is 2. The third-order valence-corrected chi connectivity index (χ3v) is 4.25. The largest absolute Gasteiger partial charge is 0.438 e. The van der Waals surface area contributed by atoms with Crippen LogP contribution in [0.2, 0.25) is 5.02 Å². The van der Waals surface area contributed by atoms with E-state index in [2.05, 4.69) is 5.32 Å². The van der Waals surface area contributed by atoms with Gasteiger partial charge in [-0.1, -0.05) is 48.0 Å². The molecule has 1 amide bonds. The highest BCUT2D eigenvalue weighted by Crippen LogP contribution is 2.24. The summed E-state index contributed by atoms with van der Waals surface area (Å²) in [4.78, 5) is 12.7. The highest BCUT2D eigenvalue weighted by atomic mass is 35.5. The quantitative estimate of drug-likeness (QED) is 0.537. The topological polar surface area (TPSA) is 66.1 Å². The fourth-order valence-electron chi connectivity index (χ4n) is 2.80. The molecule has 1 aromatic heterocycles. The summed E-state index contributed by atoms with van der Waals surface area (Å²) >= 11 is 6.00. The molecule has 0 aliphatic rings. The molecular formula is C20H13ClN2O2. The second-order valence-corrected chi connectivity index (χ2v) is 6.09. The number of benzene rings is 3. The van der Waals surface area contributed by atoms with Crippen LogP contribution in [-0.2, 0) is 0 Å². The summed E-state index contributed by atoms with van der Waals surface area (Å²) in [5.41, 5.74) is 1.17. The van der Waals surface area contributed by atoms with Crippen LogP contribution in [0.25, 0.3) is 21.7 Å². The summed E-state index contributed by atoms with van der Waals surface area (Å²) in [7, 11) is 0. The zero-order chi connectivity index (χ0) is 17.4. The minimum atomic E-state index is -0.396. The van der Waals surface area contributed by atoms with Gasteiger partial charge in [0, 0.05) is 21.5 Å². The maximum atomic E-state index is 12.7. The van der Waals surface area contributed by atoms with Crippen LogP contribution in [0.15, 0.2) is 71.1 Å². The maximum Gasteiger partial charge on any atom is 0.261 e. The molecule has 0 bridgehead atoms. The lowest BCUT2D eigenvalue weighted by Crippen LogP contribution is -2.20. The van der Waals surface area contributed by atoms with Crippen LogP contribution in [0, 0.1) is 5.41 Å². The van der Waals surface area contributed by atoms with Gasteiger partial charge in [-0.25, -0.2) is 0 Å². The van der Waals surface area contributed by atoms with Gasteiger partial charge in [-0.15, -0.1) is 0 Å². The summed E-state index contributed by atoms with van der Waals surface area (Å²) in [6.07, 6.45) is 0. The molecule has 0 saturated heterocycles. The number of anilines is 1. The molecule has 4 nitrogen and oxygen atoms in total. The highest BCUT2D eigenvalue weighted by molar-refractivity contribution is 6.31. The molecular weight excluding hydrogens is 336 g/mol. The first-order valence-electron chi connectivity index (χ1n) is 7.69. The van der Waals surface area contributed by atoms with E-state index in [1.165, 1.54) is 0 Å². The van der Waals surface area contributed by atoms with E-state index >= 15 is 0 Å². The number of hydrogen-bond donors (Lipinski definition) is 2. The van der Waals surface area contributed by atoms with Crippen molar-refractivity contribution in [3.8, 4) is 0 Å². The summed E-state index contributed by atoms with van der Waals surface area (Å²) in [5, 5.41) is 14.1. The Kier molecular flexibility index (Phi) is 3.75. The minimum Gasteiger partial charge on any atom is -0.438 e. The maximum absolute atomic E-state index is 12.7. The van der Waals surface area contributed by atoms with E-state index in [-0.39, 0.29) is 11.1 Å². The fourth-order valence-corrected chi connectivity index (χ4v) is 2.98. The second kappa shape index (κ2) is 6.07. The SMILES string of the molecule is N=c1oc2ccc(Cl)cc2cc1C(=O)Nc1cccc2ccccc12. The summed E-state index contributed by atoms with van der Waals surface area (Å²) in [6.45, 7) is 0. The van der Waals surface area contributed by atoms with E-state index in [0.717, 1.165) is 10.8 Å². The number of carbonyl (C=O) groups is 1. The molecule has 4 rings (SSSR count). The number of hydrogen-bond acceptors (Lipinski definition) is 3. The van der Waals surface area contributed by atoms with Crippen LogP contribution in [0.4, 0.5) is 5.69 Å². The van der Waals surface area contributed by atoms with E-state index in [1.807, 2.05) is 42.5 Å². The van der Waals surface area contributed by atoms with Gasteiger partial charge in [0.05, 0.1) is 0 Å². The van der Waals surface area contributed by atoms with E-state index in [4.69, 9.17) is 21.4 Å². The summed E-state index contributed by atoms with van der Waals surface area (Å²) in [6, 6.07) is 20.2. The van der Waals surface area contributed by atoms with Crippen molar-refractivity contribution in [2.45, 2.75) is 0 Å². The number of halogens is 1. The van der Waals surface area contributed by atoms with Crippen LogP contribution < -0.4 is 10.9 Å². The van der Waals surface area contributed by atoms with Gasteiger partial charge in [0.15, 0.2) is 0 Å².